The van der Waals surface area contributed by atoms with E-state index in [2.05, 4.69) is 20.6 Å². The van der Waals surface area contributed by atoms with Gasteiger partial charge in [-0.05, 0) is 12.5 Å². The fourth-order valence-corrected chi connectivity index (χ4v) is 2.18. The summed E-state index contributed by atoms with van der Waals surface area (Å²) in [5.41, 5.74) is 2.33. The summed E-state index contributed by atoms with van der Waals surface area (Å²) in [7, 11) is 1.65. The molecule has 0 aliphatic heterocycles. The lowest BCUT2D eigenvalue weighted by atomic mass is 10.1. The molecular formula is C15H16N6O2. The van der Waals surface area contributed by atoms with Crippen molar-refractivity contribution in [1.82, 2.24) is 29.9 Å². The van der Waals surface area contributed by atoms with E-state index in [1.165, 1.54) is 15.6 Å². The lowest BCUT2D eigenvalue weighted by Gasteiger charge is -2.07. The number of hydrogen-bond acceptors (Lipinski definition) is 5. The van der Waals surface area contributed by atoms with Gasteiger partial charge in [0.05, 0.1) is 0 Å². The number of carbonyl (C=O) groups is 1. The highest BCUT2D eigenvalue weighted by molar-refractivity contribution is 5.76. The zero-order valence-electron chi connectivity index (χ0n) is 12.9. The number of rotatable bonds is 4. The average Bonchev–Trinajstić information content (AvgIpc) is 2.92. The summed E-state index contributed by atoms with van der Waals surface area (Å²) in [6.45, 7) is 2.31. The van der Waals surface area contributed by atoms with Crippen LogP contribution in [0.4, 0.5) is 0 Å². The van der Waals surface area contributed by atoms with Crippen molar-refractivity contribution in [3.8, 4) is 0 Å². The molecule has 0 aliphatic carbocycles. The predicted octanol–water partition coefficient (Wildman–Crippen LogP) is 0.150. The molecule has 3 aromatic rings. The number of amides is 1. The van der Waals surface area contributed by atoms with E-state index in [9.17, 15) is 9.59 Å². The molecule has 0 unspecified atom stereocenters. The van der Waals surface area contributed by atoms with Gasteiger partial charge in [-0.15, -0.1) is 5.10 Å². The maximum atomic E-state index is 12.2. The zero-order chi connectivity index (χ0) is 16.4. The number of fused-ring (bicyclic) bond motifs is 1. The van der Waals surface area contributed by atoms with E-state index in [0.29, 0.717) is 12.2 Å². The minimum absolute atomic E-state index is 0.107. The van der Waals surface area contributed by atoms with Crippen molar-refractivity contribution in [2.45, 2.75) is 20.0 Å². The number of nitrogens with zero attached hydrogens (tertiary/aromatic N) is 5. The molecule has 23 heavy (non-hydrogen) atoms. The van der Waals surface area contributed by atoms with Crippen molar-refractivity contribution in [1.29, 1.82) is 0 Å². The van der Waals surface area contributed by atoms with E-state index in [-0.39, 0.29) is 23.5 Å². The number of hydrogen-bond donors (Lipinski definition) is 1. The van der Waals surface area contributed by atoms with Crippen molar-refractivity contribution < 1.29 is 4.79 Å². The van der Waals surface area contributed by atoms with E-state index < -0.39 is 0 Å². The van der Waals surface area contributed by atoms with E-state index in [0.717, 1.165) is 11.1 Å². The fraction of sp³-hybridized carbons (Fsp3) is 0.267. The Hall–Kier alpha value is -3.03. The Labute approximate surface area is 131 Å². The Bertz CT molecular complexity index is 910. The second-order valence-corrected chi connectivity index (χ2v) is 5.33. The van der Waals surface area contributed by atoms with Gasteiger partial charge in [0.15, 0.2) is 11.2 Å². The first kappa shape index (κ1) is 14.9. The second-order valence-electron chi connectivity index (χ2n) is 5.33. The van der Waals surface area contributed by atoms with Gasteiger partial charge in [0, 0.05) is 13.6 Å². The predicted molar refractivity (Wildman–Crippen MR) is 83.6 cm³/mol. The Morgan fingerprint density at radius 3 is 2.74 bits per heavy atom. The minimum Gasteiger partial charge on any atom is -0.350 e. The second kappa shape index (κ2) is 5.99. The summed E-state index contributed by atoms with van der Waals surface area (Å²) in [5, 5.41) is 10.3. The molecular weight excluding hydrogens is 296 g/mol. The van der Waals surface area contributed by atoms with Crippen LogP contribution in [-0.2, 0) is 24.9 Å². The van der Waals surface area contributed by atoms with Crippen LogP contribution < -0.4 is 10.9 Å². The third-order valence-corrected chi connectivity index (χ3v) is 3.50. The molecule has 0 atom stereocenters. The molecule has 3 rings (SSSR count). The quantitative estimate of drug-likeness (QED) is 0.740. The van der Waals surface area contributed by atoms with Gasteiger partial charge in [-0.2, -0.15) is 0 Å². The fourth-order valence-electron chi connectivity index (χ4n) is 2.18. The molecule has 0 radical (unpaired) electrons. The molecule has 0 aliphatic rings. The van der Waals surface area contributed by atoms with Crippen LogP contribution in [-0.4, -0.2) is 30.5 Å². The first-order valence-electron chi connectivity index (χ1n) is 7.11. The maximum absolute atomic E-state index is 12.2. The Morgan fingerprint density at radius 1 is 1.26 bits per heavy atom. The summed E-state index contributed by atoms with van der Waals surface area (Å²) < 4.78 is 2.64. The zero-order valence-corrected chi connectivity index (χ0v) is 12.9. The topological polar surface area (TPSA) is 94.7 Å². The van der Waals surface area contributed by atoms with Crippen LogP contribution in [0.2, 0.25) is 0 Å². The third kappa shape index (κ3) is 3.10. The van der Waals surface area contributed by atoms with E-state index in [1.807, 2.05) is 31.2 Å². The molecule has 8 nitrogen and oxygen atoms in total. The smallest absolute Gasteiger partial charge is 0.283 e. The highest BCUT2D eigenvalue weighted by Gasteiger charge is 2.12. The lowest BCUT2D eigenvalue weighted by Crippen LogP contribution is -2.32. The summed E-state index contributed by atoms with van der Waals surface area (Å²) >= 11 is 0. The van der Waals surface area contributed by atoms with Gasteiger partial charge in [0.2, 0.25) is 5.91 Å². The highest BCUT2D eigenvalue weighted by Crippen LogP contribution is 2.03. The van der Waals surface area contributed by atoms with Crippen LogP contribution in [0.3, 0.4) is 0 Å². The summed E-state index contributed by atoms with van der Waals surface area (Å²) in [6, 6.07) is 7.87. The molecule has 2 aromatic heterocycles. The Kier molecular flexibility index (Phi) is 3.88. The molecule has 1 aromatic carbocycles. The van der Waals surface area contributed by atoms with Crippen LogP contribution in [0.15, 0.2) is 35.4 Å². The lowest BCUT2D eigenvalue weighted by molar-refractivity contribution is -0.121. The number of benzene rings is 1. The third-order valence-electron chi connectivity index (χ3n) is 3.50. The van der Waals surface area contributed by atoms with Gasteiger partial charge in [-0.1, -0.05) is 35.0 Å². The van der Waals surface area contributed by atoms with Crippen molar-refractivity contribution in [2.75, 3.05) is 0 Å². The highest BCUT2D eigenvalue weighted by atomic mass is 16.2. The molecule has 8 heteroatoms. The molecule has 0 spiro atoms. The number of nitrogens with one attached hydrogen (secondary N) is 1. The number of aryl methyl sites for hydroxylation is 2. The van der Waals surface area contributed by atoms with Crippen molar-refractivity contribution in [3.63, 3.8) is 0 Å². The maximum Gasteiger partial charge on any atom is 0.283 e. The van der Waals surface area contributed by atoms with Gasteiger partial charge in [0.25, 0.3) is 5.56 Å². The largest absolute Gasteiger partial charge is 0.350 e. The van der Waals surface area contributed by atoms with E-state index >= 15 is 0 Å². The standard InChI is InChI=1S/C15H16N6O2/c1-10-3-5-11(6-4-10)7-16-12(22)8-21-9-17-14-13(15(21)23)18-19-20(14)2/h3-6,9H,7-8H2,1-2H3,(H,16,22). The molecule has 1 N–H and O–H groups in total. The molecule has 0 saturated heterocycles. The van der Waals surface area contributed by atoms with Crippen molar-refractivity contribution >= 4 is 17.1 Å². The summed E-state index contributed by atoms with van der Waals surface area (Å²) in [4.78, 5) is 28.3. The van der Waals surface area contributed by atoms with Crippen LogP contribution in [0.1, 0.15) is 11.1 Å². The summed E-state index contributed by atoms with van der Waals surface area (Å²) in [6.07, 6.45) is 1.33. The van der Waals surface area contributed by atoms with Crippen LogP contribution in [0.25, 0.3) is 11.2 Å². The van der Waals surface area contributed by atoms with Crippen molar-refractivity contribution in [2.24, 2.45) is 7.05 Å². The molecule has 0 bridgehead atoms. The summed E-state index contributed by atoms with van der Waals surface area (Å²) in [5.74, 6) is -0.266. The van der Waals surface area contributed by atoms with E-state index in [4.69, 9.17) is 0 Å². The van der Waals surface area contributed by atoms with Crippen LogP contribution in [0, 0.1) is 6.92 Å². The Balaban J connectivity index is 1.69. The number of carbonyl (C=O) groups excluding carboxylic acids is 1. The first-order valence-corrected chi connectivity index (χ1v) is 7.11. The van der Waals surface area contributed by atoms with Gasteiger partial charge >= 0.3 is 0 Å². The van der Waals surface area contributed by atoms with Gasteiger partial charge < -0.3 is 5.32 Å². The van der Waals surface area contributed by atoms with Crippen LogP contribution in [0.5, 0.6) is 0 Å². The monoisotopic (exact) mass is 312 g/mol. The number of aromatic nitrogens is 5. The van der Waals surface area contributed by atoms with Crippen LogP contribution >= 0.6 is 0 Å². The van der Waals surface area contributed by atoms with Gasteiger partial charge in [0.1, 0.15) is 12.9 Å². The molecule has 118 valence electrons. The SMILES string of the molecule is Cc1ccc(CNC(=O)Cn2cnc3c(nnn3C)c2=O)cc1. The van der Waals surface area contributed by atoms with Gasteiger partial charge in [-0.3, -0.25) is 14.2 Å². The Morgan fingerprint density at radius 2 is 2.00 bits per heavy atom. The normalized spacial score (nSPS) is 10.9. The molecule has 2 heterocycles. The molecule has 0 fully saturated rings. The molecule has 0 saturated carbocycles. The first-order chi connectivity index (χ1) is 11.0. The minimum atomic E-state index is -0.381. The molecule has 1 amide bonds. The van der Waals surface area contributed by atoms with Gasteiger partial charge in [-0.25, -0.2) is 9.67 Å². The van der Waals surface area contributed by atoms with E-state index in [1.54, 1.807) is 7.05 Å². The average molecular weight is 312 g/mol. The van der Waals surface area contributed by atoms with Crippen molar-refractivity contribution in [3.05, 3.63) is 52.1 Å².